The summed E-state index contributed by atoms with van der Waals surface area (Å²) in [6, 6.07) is 7.48. The van der Waals surface area contributed by atoms with E-state index in [0.717, 1.165) is 22.8 Å². The zero-order valence-electron chi connectivity index (χ0n) is 16.7. The van der Waals surface area contributed by atoms with E-state index in [-0.39, 0.29) is 23.8 Å². The Labute approximate surface area is 177 Å². The molecule has 2 aromatic heterocycles. The molecule has 1 atom stereocenters. The van der Waals surface area contributed by atoms with Crippen LogP contribution in [0.1, 0.15) is 44.6 Å². The summed E-state index contributed by atoms with van der Waals surface area (Å²) in [5, 5.41) is 0. The van der Waals surface area contributed by atoms with Gasteiger partial charge in [0.25, 0.3) is 11.8 Å². The normalized spacial score (nSPS) is 16.2. The molecular weight excluding hydrogens is 404 g/mol. The van der Waals surface area contributed by atoms with Crippen molar-refractivity contribution in [3.63, 3.8) is 0 Å². The highest BCUT2D eigenvalue weighted by Gasteiger charge is 2.40. The fourth-order valence-electron chi connectivity index (χ4n) is 3.65. The molecule has 1 unspecified atom stereocenters. The van der Waals surface area contributed by atoms with E-state index < -0.39 is 0 Å². The number of aromatic nitrogens is 2. The van der Waals surface area contributed by atoms with Crippen LogP contribution in [0.4, 0.5) is 11.4 Å². The monoisotopic (exact) mass is 426 g/mol. The van der Waals surface area contributed by atoms with Crippen LogP contribution >= 0.6 is 22.7 Å². The molecule has 0 bridgehead atoms. The smallest absolute Gasteiger partial charge is 0.270 e. The van der Waals surface area contributed by atoms with E-state index in [4.69, 9.17) is 0 Å². The number of thiazole rings is 2. The van der Waals surface area contributed by atoms with Crippen molar-refractivity contribution < 1.29 is 9.59 Å². The second kappa shape index (κ2) is 7.68. The molecule has 1 aliphatic rings. The van der Waals surface area contributed by atoms with Crippen molar-refractivity contribution in [3.05, 3.63) is 56.4 Å². The van der Waals surface area contributed by atoms with Crippen molar-refractivity contribution in [2.45, 2.75) is 33.7 Å². The molecule has 1 aromatic carbocycles. The van der Waals surface area contributed by atoms with Gasteiger partial charge in [0, 0.05) is 6.54 Å². The summed E-state index contributed by atoms with van der Waals surface area (Å²) < 4.78 is 0. The molecule has 3 aromatic rings. The highest BCUT2D eigenvalue weighted by Crippen LogP contribution is 2.40. The van der Waals surface area contributed by atoms with E-state index >= 15 is 0 Å². The van der Waals surface area contributed by atoms with Crippen LogP contribution in [0.15, 0.2) is 35.3 Å². The number of nitrogens with zero attached hydrogens (tertiary/aromatic N) is 4. The first-order chi connectivity index (χ1) is 13.9. The topological polar surface area (TPSA) is 66.4 Å². The highest BCUT2D eigenvalue weighted by molar-refractivity contribution is 7.12. The number of carbonyl (C=O) groups excluding carboxylic acids is 2. The SMILES string of the molecule is Cc1ncsc1C(=O)N1CC(C(C)C)N(C(=O)c2scnc2C)c2ccccc21. The lowest BCUT2D eigenvalue weighted by Crippen LogP contribution is -2.55. The summed E-state index contributed by atoms with van der Waals surface area (Å²) >= 11 is 2.71. The van der Waals surface area contributed by atoms with Gasteiger partial charge in [-0.2, -0.15) is 0 Å². The van der Waals surface area contributed by atoms with E-state index in [9.17, 15) is 9.59 Å². The third-order valence-electron chi connectivity index (χ3n) is 5.25. The van der Waals surface area contributed by atoms with Crippen LogP contribution in [-0.2, 0) is 0 Å². The van der Waals surface area contributed by atoms with Gasteiger partial charge >= 0.3 is 0 Å². The fourth-order valence-corrected chi connectivity index (χ4v) is 5.14. The summed E-state index contributed by atoms with van der Waals surface area (Å²) in [4.78, 5) is 40.3. The summed E-state index contributed by atoms with van der Waals surface area (Å²) in [7, 11) is 0. The van der Waals surface area contributed by atoms with Gasteiger partial charge in [0.2, 0.25) is 0 Å². The first-order valence-electron chi connectivity index (χ1n) is 9.44. The zero-order chi connectivity index (χ0) is 20.7. The van der Waals surface area contributed by atoms with Gasteiger partial charge in [-0.3, -0.25) is 9.59 Å². The van der Waals surface area contributed by atoms with Crippen molar-refractivity contribution in [1.29, 1.82) is 0 Å². The molecule has 3 heterocycles. The summed E-state index contributed by atoms with van der Waals surface area (Å²) in [6.07, 6.45) is 0. The number of fused-ring (bicyclic) bond motifs is 1. The van der Waals surface area contributed by atoms with Crippen LogP contribution in [0.25, 0.3) is 0 Å². The third kappa shape index (κ3) is 3.36. The number of amides is 2. The third-order valence-corrected chi connectivity index (χ3v) is 7.08. The Kier molecular flexibility index (Phi) is 5.23. The predicted molar refractivity (Wildman–Crippen MR) is 117 cm³/mol. The molecule has 6 nitrogen and oxygen atoms in total. The quantitative estimate of drug-likeness (QED) is 0.616. The molecule has 0 spiro atoms. The number of aryl methyl sites for hydroxylation is 2. The molecule has 8 heteroatoms. The molecule has 4 rings (SSSR count). The largest absolute Gasteiger partial charge is 0.303 e. The average Bonchev–Trinajstić information content (AvgIpc) is 3.33. The molecule has 0 saturated heterocycles. The molecule has 1 aliphatic heterocycles. The van der Waals surface area contributed by atoms with Gasteiger partial charge in [0.05, 0.1) is 39.8 Å². The number of benzene rings is 1. The Morgan fingerprint density at radius 1 is 0.966 bits per heavy atom. The lowest BCUT2D eigenvalue weighted by atomic mass is 9.96. The highest BCUT2D eigenvalue weighted by atomic mass is 32.1. The van der Waals surface area contributed by atoms with Crippen LogP contribution in [0, 0.1) is 19.8 Å². The van der Waals surface area contributed by atoms with Crippen molar-refractivity contribution in [1.82, 2.24) is 9.97 Å². The maximum absolute atomic E-state index is 13.5. The van der Waals surface area contributed by atoms with E-state index in [1.54, 1.807) is 15.9 Å². The number of para-hydroxylation sites is 2. The second-order valence-electron chi connectivity index (χ2n) is 7.42. The van der Waals surface area contributed by atoms with Gasteiger partial charge in [-0.05, 0) is 31.9 Å². The van der Waals surface area contributed by atoms with Crippen LogP contribution in [-0.4, -0.2) is 34.4 Å². The van der Waals surface area contributed by atoms with Crippen LogP contribution in [0.3, 0.4) is 0 Å². The van der Waals surface area contributed by atoms with Crippen molar-refractivity contribution in [2.75, 3.05) is 16.3 Å². The van der Waals surface area contributed by atoms with E-state index in [1.165, 1.54) is 22.7 Å². The number of carbonyl (C=O) groups is 2. The fraction of sp³-hybridized carbons (Fsp3) is 0.333. The van der Waals surface area contributed by atoms with E-state index in [2.05, 4.69) is 23.8 Å². The minimum atomic E-state index is -0.143. The summed E-state index contributed by atoms with van der Waals surface area (Å²) in [5.74, 6) is 0.0415. The van der Waals surface area contributed by atoms with Gasteiger partial charge in [-0.1, -0.05) is 26.0 Å². The van der Waals surface area contributed by atoms with Crippen LogP contribution in [0.5, 0.6) is 0 Å². The van der Waals surface area contributed by atoms with Crippen LogP contribution < -0.4 is 9.80 Å². The van der Waals surface area contributed by atoms with Gasteiger partial charge in [0.15, 0.2) is 0 Å². The summed E-state index contributed by atoms with van der Waals surface area (Å²) in [6.45, 7) is 8.31. The molecule has 2 amide bonds. The van der Waals surface area contributed by atoms with Gasteiger partial charge < -0.3 is 9.80 Å². The van der Waals surface area contributed by atoms with Gasteiger partial charge in [-0.25, -0.2) is 9.97 Å². The lowest BCUT2D eigenvalue weighted by molar-refractivity contribution is 0.0946. The first-order valence-corrected chi connectivity index (χ1v) is 11.2. The molecule has 0 fully saturated rings. The Balaban J connectivity index is 1.82. The molecule has 29 heavy (non-hydrogen) atoms. The van der Waals surface area contributed by atoms with Gasteiger partial charge in [-0.15, -0.1) is 22.7 Å². The molecule has 150 valence electrons. The maximum Gasteiger partial charge on any atom is 0.270 e. The Morgan fingerprint density at radius 3 is 2.03 bits per heavy atom. The number of rotatable bonds is 3. The first kappa shape index (κ1) is 19.7. The average molecular weight is 427 g/mol. The Hall–Kier alpha value is -2.58. The van der Waals surface area contributed by atoms with Crippen molar-refractivity contribution in [3.8, 4) is 0 Å². The Morgan fingerprint density at radius 2 is 1.52 bits per heavy atom. The second-order valence-corrected chi connectivity index (χ2v) is 9.13. The molecule has 0 aliphatic carbocycles. The molecule has 0 radical (unpaired) electrons. The predicted octanol–water partition coefficient (Wildman–Crippen LogP) is 4.55. The number of hydrogen-bond acceptors (Lipinski definition) is 6. The zero-order valence-corrected chi connectivity index (χ0v) is 18.4. The molecular formula is C21H22N4O2S2. The van der Waals surface area contributed by atoms with E-state index in [1.807, 2.05) is 43.0 Å². The Bertz CT molecular complexity index is 1070. The molecule has 0 saturated carbocycles. The number of hydrogen-bond donors (Lipinski definition) is 0. The molecule has 0 N–H and O–H groups in total. The van der Waals surface area contributed by atoms with Crippen molar-refractivity contribution >= 4 is 45.9 Å². The standard InChI is InChI=1S/C21H22N4O2S2/c1-12(2)17-9-24(20(26)18-13(3)22-10-28-18)15-7-5-6-8-16(15)25(17)21(27)19-14(4)23-11-29-19/h5-8,10-12,17H,9H2,1-4H3. The van der Waals surface area contributed by atoms with Crippen LogP contribution in [0.2, 0.25) is 0 Å². The summed E-state index contributed by atoms with van der Waals surface area (Å²) in [5.41, 5.74) is 6.37. The maximum atomic E-state index is 13.5. The van der Waals surface area contributed by atoms with E-state index in [0.29, 0.717) is 16.3 Å². The van der Waals surface area contributed by atoms with Gasteiger partial charge in [0.1, 0.15) is 9.75 Å². The number of anilines is 2. The van der Waals surface area contributed by atoms with Crippen molar-refractivity contribution in [2.24, 2.45) is 5.92 Å². The minimum absolute atomic E-state index is 0.0581. The minimum Gasteiger partial charge on any atom is -0.303 e. The lowest BCUT2D eigenvalue weighted by Gasteiger charge is -2.44.